The third-order valence-corrected chi connectivity index (χ3v) is 2.62. The van der Waals surface area contributed by atoms with Crippen LogP contribution in [0.3, 0.4) is 0 Å². The van der Waals surface area contributed by atoms with Gasteiger partial charge in [0.25, 0.3) is 0 Å². The standard InChI is InChI=1S/C12H24N3.ClH/c1-3-5-7-8-10-15-12-11-14(13-15)9-6-4-2;/h11-12H,3-10H2,1-2H3;1H/q+1;/p-1. The van der Waals surface area contributed by atoms with E-state index < -0.39 is 0 Å². The summed E-state index contributed by atoms with van der Waals surface area (Å²) in [4.78, 5) is 0. The molecule has 1 aromatic rings. The molecule has 0 bridgehead atoms. The lowest BCUT2D eigenvalue weighted by Crippen LogP contribution is -3.00. The van der Waals surface area contributed by atoms with Crippen molar-refractivity contribution >= 4 is 0 Å². The highest BCUT2D eigenvalue weighted by atomic mass is 35.5. The van der Waals surface area contributed by atoms with Crippen molar-refractivity contribution in [3.8, 4) is 0 Å². The van der Waals surface area contributed by atoms with Crippen LogP contribution in [-0.4, -0.2) is 9.90 Å². The molecule has 3 nitrogen and oxygen atoms in total. The molecule has 94 valence electrons. The summed E-state index contributed by atoms with van der Waals surface area (Å²) in [5.74, 6) is 0. The van der Waals surface area contributed by atoms with Crippen molar-refractivity contribution in [1.82, 2.24) is 9.90 Å². The maximum absolute atomic E-state index is 4.48. The first-order valence-electron chi connectivity index (χ1n) is 6.30. The van der Waals surface area contributed by atoms with Gasteiger partial charge in [-0.2, -0.15) is 0 Å². The van der Waals surface area contributed by atoms with E-state index in [1.165, 1.54) is 38.5 Å². The fraction of sp³-hybridized carbons (Fsp3) is 0.833. The first-order valence-corrected chi connectivity index (χ1v) is 6.30. The monoisotopic (exact) mass is 245 g/mol. The molecule has 0 unspecified atom stereocenters. The minimum Gasteiger partial charge on any atom is -1.00 e. The molecule has 16 heavy (non-hydrogen) atoms. The van der Waals surface area contributed by atoms with Crippen molar-refractivity contribution in [3.05, 3.63) is 12.4 Å². The first kappa shape index (κ1) is 15.4. The van der Waals surface area contributed by atoms with E-state index in [2.05, 4.69) is 36.1 Å². The van der Waals surface area contributed by atoms with Gasteiger partial charge in [0.15, 0.2) is 12.4 Å². The molecule has 0 aliphatic heterocycles. The molecular weight excluding hydrogens is 222 g/mol. The van der Waals surface area contributed by atoms with Crippen molar-refractivity contribution in [1.29, 1.82) is 0 Å². The van der Waals surface area contributed by atoms with Gasteiger partial charge in [-0.25, -0.2) is 0 Å². The summed E-state index contributed by atoms with van der Waals surface area (Å²) in [6.45, 7) is 6.58. The van der Waals surface area contributed by atoms with Gasteiger partial charge in [0.2, 0.25) is 0 Å². The van der Waals surface area contributed by atoms with E-state index in [0.29, 0.717) is 0 Å². The number of unbranched alkanes of at least 4 members (excludes halogenated alkanes) is 4. The molecule has 1 aromatic heterocycles. The average Bonchev–Trinajstić information content (AvgIpc) is 2.69. The Morgan fingerprint density at radius 3 is 2.50 bits per heavy atom. The van der Waals surface area contributed by atoms with Crippen molar-refractivity contribution in [2.45, 2.75) is 65.5 Å². The molecule has 0 saturated heterocycles. The Labute approximate surface area is 105 Å². The first-order chi connectivity index (χ1) is 7.36. The van der Waals surface area contributed by atoms with Gasteiger partial charge in [-0.3, -0.25) is 0 Å². The lowest BCUT2D eigenvalue weighted by molar-refractivity contribution is -0.755. The zero-order chi connectivity index (χ0) is 10.9. The maximum atomic E-state index is 4.48. The highest BCUT2D eigenvalue weighted by molar-refractivity contribution is 4.57. The topological polar surface area (TPSA) is 21.7 Å². The van der Waals surface area contributed by atoms with Crippen LogP contribution in [0.2, 0.25) is 0 Å². The molecule has 0 spiro atoms. The Morgan fingerprint density at radius 2 is 1.81 bits per heavy atom. The third kappa shape index (κ3) is 6.11. The molecule has 0 aromatic carbocycles. The van der Waals surface area contributed by atoms with E-state index in [-0.39, 0.29) is 12.4 Å². The summed E-state index contributed by atoms with van der Waals surface area (Å²) in [7, 11) is 0. The molecule has 4 heteroatoms. The van der Waals surface area contributed by atoms with Crippen LogP contribution in [0.4, 0.5) is 0 Å². The zero-order valence-corrected chi connectivity index (χ0v) is 11.3. The Hall–Kier alpha value is -0.570. The summed E-state index contributed by atoms with van der Waals surface area (Å²) in [5, 5.41) is 4.48. The molecule has 0 saturated carbocycles. The molecule has 1 heterocycles. The average molecular weight is 246 g/mol. The van der Waals surface area contributed by atoms with E-state index in [1.54, 1.807) is 0 Å². The van der Waals surface area contributed by atoms with E-state index >= 15 is 0 Å². The number of halogens is 1. The largest absolute Gasteiger partial charge is 1.00 e. The maximum Gasteiger partial charge on any atom is 0.155 e. The summed E-state index contributed by atoms with van der Waals surface area (Å²) in [6.07, 6.45) is 11.8. The third-order valence-electron chi connectivity index (χ3n) is 2.62. The van der Waals surface area contributed by atoms with Gasteiger partial charge in [0.1, 0.15) is 13.1 Å². The van der Waals surface area contributed by atoms with Gasteiger partial charge >= 0.3 is 0 Å². The molecule has 0 radical (unpaired) electrons. The fourth-order valence-electron chi connectivity index (χ4n) is 1.62. The smallest absolute Gasteiger partial charge is 0.155 e. The lowest BCUT2D eigenvalue weighted by Gasteiger charge is -1.94. The van der Waals surface area contributed by atoms with E-state index in [4.69, 9.17) is 0 Å². The van der Waals surface area contributed by atoms with Crippen LogP contribution in [0.15, 0.2) is 12.4 Å². The number of hydrogen-bond donors (Lipinski definition) is 0. The van der Waals surface area contributed by atoms with E-state index in [9.17, 15) is 0 Å². The highest BCUT2D eigenvalue weighted by Crippen LogP contribution is 1.98. The van der Waals surface area contributed by atoms with Gasteiger partial charge in [-0.15, -0.1) is 9.36 Å². The van der Waals surface area contributed by atoms with Crippen molar-refractivity contribution in [2.75, 3.05) is 0 Å². The van der Waals surface area contributed by atoms with Crippen molar-refractivity contribution in [3.63, 3.8) is 0 Å². The second-order valence-corrected chi connectivity index (χ2v) is 4.13. The second-order valence-electron chi connectivity index (χ2n) is 4.13. The quantitative estimate of drug-likeness (QED) is 0.450. The molecule has 1 rings (SSSR count). The van der Waals surface area contributed by atoms with Gasteiger partial charge in [-0.1, -0.05) is 33.1 Å². The van der Waals surface area contributed by atoms with Crippen molar-refractivity contribution in [2.24, 2.45) is 0 Å². The number of aromatic nitrogens is 3. The Kier molecular flexibility index (Phi) is 9.30. The van der Waals surface area contributed by atoms with Crippen LogP contribution >= 0.6 is 0 Å². The summed E-state index contributed by atoms with van der Waals surface area (Å²) >= 11 is 0. The molecule has 0 N–H and O–H groups in total. The highest BCUT2D eigenvalue weighted by Gasteiger charge is 2.04. The van der Waals surface area contributed by atoms with Crippen LogP contribution in [0.5, 0.6) is 0 Å². The van der Waals surface area contributed by atoms with Gasteiger partial charge in [-0.05, 0) is 19.3 Å². The Bertz CT molecular complexity index is 261. The summed E-state index contributed by atoms with van der Waals surface area (Å²) in [5.41, 5.74) is 0. The van der Waals surface area contributed by atoms with Crippen LogP contribution in [0.25, 0.3) is 0 Å². The van der Waals surface area contributed by atoms with Crippen LogP contribution < -0.4 is 17.1 Å². The molecule has 0 aliphatic rings. The fourth-order valence-corrected chi connectivity index (χ4v) is 1.62. The molecule has 0 fully saturated rings. The molecular formula is C12H24ClN3. The van der Waals surface area contributed by atoms with E-state index in [0.717, 1.165) is 13.1 Å². The number of nitrogens with zero attached hydrogens (tertiary/aromatic N) is 3. The van der Waals surface area contributed by atoms with Crippen molar-refractivity contribution < 1.29 is 17.1 Å². The van der Waals surface area contributed by atoms with Gasteiger partial charge in [0, 0.05) is 0 Å². The van der Waals surface area contributed by atoms with Crippen LogP contribution in [0.1, 0.15) is 52.4 Å². The normalized spacial score (nSPS) is 10.1. The van der Waals surface area contributed by atoms with Crippen LogP contribution in [-0.2, 0) is 13.1 Å². The summed E-state index contributed by atoms with van der Waals surface area (Å²) < 4.78 is 4.11. The predicted molar refractivity (Wildman–Crippen MR) is 61.5 cm³/mol. The number of rotatable bonds is 8. The van der Waals surface area contributed by atoms with Gasteiger partial charge < -0.3 is 12.4 Å². The lowest BCUT2D eigenvalue weighted by atomic mass is 10.2. The predicted octanol–water partition coefficient (Wildman–Crippen LogP) is -0.445. The minimum atomic E-state index is 0. The number of hydrogen-bond acceptors (Lipinski definition) is 1. The SMILES string of the molecule is CCCCCC[n+]1ccn(CCCC)n1.[Cl-]. The van der Waals surface area contributed by atoms with Gasteiger partial charge in [0.05, 0.1) is 5.21 Å². The van der Waals surface area contributed by atoms with E-state index in [1.807, 2.05) is 4.68 Å². The zero-order valence-electron chi connectivity index (χ0n) is 10.5. The summed E-state index contributed by atoms with van der Waals surface area (Å²) in [6, 6.07) is 0. The van der Waals surface area contributed by atoms with Crippen LogP contribution in [0, 0.1) is 0 Å². The Balaban J connectivity index is 0.00000225. The number of aryl methyl sites for hydroxylation is 2. The Morgan fingerprint density at radius 1 is 1.06 bits per heavy atom. The second kappa shape index (κ2) is 9.64. The molecule has 0 amide bonds. The molecule has 0 atom stereocenters. The molecule has 0 aliphatic carbocycles. The minimum absolute atomic E-state index is 0.